The predicted molar refractivity (Wildman–Crippen MR) is 119 cm³/mol. The molecule has 154 valence electrons. The van der Waals surface area contributed by atoms with Gasteiger partial charge in [-0.15, -0.1) is 0 Å². The number of carbonyl (C=O) groups is 2. The van der Waals surface area contributed by atoms with Crippen LogP contribution in [0.2, 0.25) is 0 Å². The third-order valence-electron chi connectivity index (χ3n) is 5.19. The van der Waals surface area contributed by atoms with Gasteiger partial charge in [-0.1, -0.05) is 48.5 Å². The van der Waals surface area contributed by atoms with Crippen LogP contribution in [0, 0.1) is 0 Å². The Morgan fingerprint density at radius 3 is 2.57 bits per heavy atom. The summed E-state index contributed by atoms with van der Waals surface area (Å²) in [5, 5.41) is 11.0. The van der Waals surface area contributed by atoms with E-state index in [1.54, 1.807) is 12.1 Å². The van der Waals surface area contributed by atoms with E-state index in [0.29, 0.717) is 17.8 Å². The fourth-order valence-corrected chi connectivity index (χ4v) is 3.65. The molecule has 1 fully saturated rings. The highest BCUT2D eigenvalue weighted by Gasteiger charge is 2.18. The SMILES string of the molecule is O=C(CNc1ccccc1C(=O)NC[C@H]1CCCO1)Nc1cccc2ccccc12. The summed E-state index contributed by atoms with van der Waals surface area (Å²) in [5.41, 5.74) is 1.89. The minimum atomic E-state index is -0.180. The summed E-state index contributed by atoms with van der Waals surface area (Å²) in [7, 11) is 0. The molecule has 0 radical (unpaired) electrons. The van der Waals surface area contributed by atoms with Gasteiger partial charge >= 0.3 is 0 Å². The highest BCUT2D eigenvalue weighted by atomic mass is 16.5. The van der Waals surface area contributed by atoms with Crippen LogP contribution < -0.4 is 16.0 Å². The van der Waals surface area contributed by atoms with Gasteiger partial charge in [-0.2, -0.15) is 0 Å². The number of rotatable bonds is 7. The summed E-state index contributed by atoms with van der Waals surface area (Å²) in [5.74, 6) is -0.357. The monoisotopic (exact) mass is 403 g/mol. The summed E-state index contributed by atoms with van der Waals surface area (Å²) in [6.45, 7) is 1.30. The van der Waals surface area contributed by atoms with Crippen LogP contribution in [0.1, 0.15) is 23.2 Å². The number of anilines is 2. The molecule has 6 heteroatoms. The number of hydrogen-bond acceptors (Lipinski definition) is 4. The van der Waals surface area contributed by atoms with E-state index in [1.165, 1.54) is 0 Å². The minimum Gasteiger partial charge on any atom is -0.376 e. The van der Waals surface area contributed by atoms with Crippen LogP contribution >= 0.6 is 0 Å². The van der Waals surface area contributed by atoms with Gasteiger partial charge in [0.1, 0.15) is 0 Å². The molecule has 6 nitrogen and oxygen atoms in total. The molecule has 0 bridgehead atoms. The van der Waals surface area contributed by atoms with Crippen molar-refractivity contribution in [3.8, 4) is 0 Å². The first kappa shape index (κ1) is 19.9. The first-order valence-corrected chi connectivity index (χ1v) is 10.2. The Kier molecular flexibility index (Phi) is 6.25. The highest BCUT2D eigenvalue weighted by molar-refractivity contribution is 6.04. The van der Waals surface area contributed by atoms with Gasteiger partial charge in [0.15, 0.2) is 0 Å². The number of fused-ring (bicyclic) bond motifs is 1. The van der Waals surface area contributed by atoms with Crippen LogP contribution in [0.3, 0.4) is 0 Å². The molecule has 1 saturated heterocycles. The van der Waals surface area contributed by atoms with E-state index in [2.05, 4.69) is 16.0 Å². The van der Waals surface area contributed by atoms with E-state index in [4.69, 9.17) is 4.74 Å². The lowest BCUT2D eigenvalue weighted by Gasteiger charge is -2.14. The largest absolute Gasteiger partial charge is 0.376 e. The third-order valence-corrected chi connectivity index (χ3v) is 5.19. The summed E-state index contributed by atoms with van der Waals surface area (Å²) in [4.78, 5) is 25.1. The summed E-state index contributed by atoms with van der Waals surface area (Å²) >= 11 is 0. The van der Waals surface area contributed by atoms with Crippen molar-refractivity contribution in [2.75, 3.05) is 30.3 Å². The second-order valence-electron chi connectivity index (χ2n) is 7.32. The lowest BCUT2D eigenvalue weighted by Crippen LogP contribution is -2.32. The molecule has 1 atom stereocenters. The Bertz CT molecular complexity index is 1040. The average Bonchev–Trinajstić information content (AvgIpc) is 3.30. The van der Waals surface area contributed by atoms with Gasteiger partial charge < -0.3 is 20.7 Å². The van der Waals surface area contributed by atoms with Crippen molar-refractivity contribution < 1.29 is 14.3 Å². The Balaban J connectivity index is 1.37. The molecule has 3 aromatic carbocycles. The number of ether oxygens (including phenoxy) is 1. The van der Waals surface area contributed by atoms with Crippen molar-refractivity contribution in [1.82, 2.24) is 5.32 Å². The molecule has 4 rings (SSSR count). The van der Waals surface area contributed by atoms with Crippen molar-refractivity contribution in [3.05, 3.63) is 72.3 Å². The first-order chi connectivity index (χ1) is 14.7. The lowest BCUT2D eigenvalue weighted by atomic mass is 10.1. The molecule has 3 aromatic rings. The van der Waals surface area contributed by atoms with Crippen molar-refractivity contribution in [1.29, 1.82) is 0 Å². The fourth-order valence-electron chi connectivity index (χ4n) is 3.65. The molecule has 0 aliphatic carbocycles. The fraction of sp³-hybridized carbons (Fsp3) is 0.250. The molecule has 1 aliphatic rings. The number of carbonyl (C=O) groups excluding carboxylic acids is 2. The first-order valence-electron chi connectivity index (χ1n) is 10.2. The maximum absolute atomic E-state index is 12.6. The topological polar surface area (TPSA) is 79.5 Å². The smallest absolute Gasteiger partial charge is 0.253 e. The average molecular weight is 403 g/mol. The minimum absolute atomic E-state index is 0.0548. The maximum Gasteiger partial charge on any atom is 0.253 e. The molecular formula is C24H25N3O3. The molecule has 0 spiro atoms. The quantitative estimate of drug-likeness (QED) is 0.561. The number of hydrogen-bond donors (Lipinski definition) is 3. The van der Waals surface area contributed by atoms with E-state index < -0.39 is 0 Å². The second kappa shape index (κ2) is 9.41. The van der Waals surface area contributed by atoms with Crippen LogP contribution in [-0.2, 0) is 9.53 Å². The van der Waals surface area contributed by atoms with Crippen LogP contribution in [0.5, 0.6) is 0 Å². The molecule has 2 amide bonds. The van der Waals surface area contributed by atoms with Crippen LogP contribution in [0.25, 0.3) is 10.8 Å². The van der Waals surface area contributed by atoms with Gasteiger partial charge in [-0.3, -0.25) is 9.59 Å². The van der Waals surface area contributed by atoms with E-state index in [-0.39, 0.29) is 24.5 Å². The number of amides is 2. The Morgan fingerprint density at radius 2 is 1.70 bits per heavy atom. The maximum atomic E-state index is 12.6. The van der Waals surface area contributed by atoms with Gasteiger partial charge in [-0.25, -0.2) is 0 Å². The van der Waals surface area contributed by atoms with Crippen LogP contribution in [0.15, 0.2) is 66.7 Å². The van der Waals surface area contributed by atoms with Gasteiger partial charge in [0.2, 0.25) is 5.91 Å². The highest BCUT2D eigenvalue weighted by Crippen LogP contribution is 2.23. The molecule has 3 N–H and O–H groups in total. The van der Waals surface area contributed by atoms with Crippen molar-refractivity contribution in [3.63, 3.8) is 0 Å². The molecule has 1 aliphatic heterocycles. The number of nitrogens with one attached hydrogen (secondary N) is 3. The number of para-hydroxylation sites is 1. The predicted octanol–water partition coefficient (Wildman–Crippen LogP) is 3.80. The van der Waals surface area contributed by atoms with Crippen LogP contribution in [0.4, 0.5) is 11.4 Å². The van der Waals surface area contributed by atoms with Crippen molar-refractivity contribution in [2.45, 2.75) is 18.9 Å². The molecule has 0 saturated carbocycles. The molecule has 1 heterocycles. The van der Waals surface area contributed by atoms with Gasteiger partial charge in [-0.05, 0) is 36.4 Å². The second-order valence-corrected chi connectivity index (χ2v) is 7.32. The van der Waals surface area contributed by atoms with E-state index in [9.17, 15) is 9.59 Å². The normalized spacial score (nSPS) is 15.7. The standard InChI is InChI=1S/C24H25N3O3/c28-23(27-22-13-5-8-17-7-1-2-10-19(17)22)16-25-21-12-4-3-11-20(21)24(29)26-15-18-9-6-14-30-18/h1-5,7-8,10-13,18,25H,6,9,14-16H2,(H,26,29)(H,27,28)/t18-/m1/s1. The van der Waals surface area contributed by atoms with E-state index >= 15 is 0 Å². The third kappa shape index (κ3) is 4.78. The molecular weight excluding hydrogens is 378 g/mol. The van der Waals surface area contributed by atoms with Crippen molar-refractivity contribution in [2.24, 2.45) is 0 Å². The summed E-state index contributed by atoms with van der Waals surface area (Å²) < 4.78 is 5.55. The molecule has 0 unspecified atom stereocenters. The Labute approximate surface area is 175 Å². The van der Waals surface area contributed by atoms with E-state index in [1.807, 2.05) is 54.6 Å². The molecule has 30 heavy (non-hydrogen) atoms. The number of benzene rings is 3. The van der Waals surface area contributed by atoms with Crippen molar-refractivity contribution >= 4 is 34.0 Å². The Hall–Kier alpha value is -3.38. The summed E-state index contributed by atoms with van der Waals surface area (Å²) in [6, 6.07) is 20.9. The van der Waals surface area contributed by atoms with Crippen LogP contribution in [-0.4, -0.2) is 37.6 Å². The lowest BCUT2D eigenvalue weighted by molar-refractivity contribution is -0.114. The zero-order valence-electron chi connectivity index (χ0n) is 16.7. The summed E-state index contributed by atoms with van der Waals surface area (Å²) in [6.07, 6.45) is 2.08. The van der Waals surface area contributed by atoms with Gasteiger partial charge in [0.05, 0.1) is 18.2 Å². The Morgan fingerprint density at radius 1 is 0.933 bits per heavy atom. The van der Waals surface area contributed by atoms with E-state index in [0.717, 1.165) is 35.9 Å². The zero-order valence-corrected chi connectivity index (χ0v) is 16.7. The van der Waals surface area contributed by atoms with Gasteiger partial charge in [0, 0.05) is 29.9 Å². The zero-order chi connectivity index (χ0) is 20.8. The molecule has 0 aromatic heterocycles. The van der Waals surface area contributed by atoms with Gasteiger partial charge in [0.25, 0.3) is 5.91 Å².